The molecule has 288 valence electrons. The Bertz CT molecular complexity index is 2220. The summed E-state index contributed by atoms with van der Waals surface area (Å²) >= 11 is 0. The Morgan fingerprint density at radius 2 is 1.72 bits per heavy atom. The van der Waals surface area contributed by atoms with Crippen molar-refractivity contribution in [3.63, 3.8) is 0 Å². The van der Waals surface area contributed by atoms with Crippen LogP contribution < -0.4 is 20.1 Å². The first kappa shape index (κ1) is 38.6. The van der Waals surface area contributed by atoms with E-state index >= 15 is 18.0 Å². The van der Waals surface area contributed by atoms with Gasteiger partial charge >= 0.3 is 6.09 Å². The van der Waals surface area contributed by atoms with E-state index in [1.54, 1.807) is 51.8 Å². The van der Waals surface area contributed by atoms with Crippen molar-refractivity contribution in [1.82, 2.24) is 19.4 Å². The van der Waals surface area contributed by atoms with Crippen molar-refractivity contribution in [2.45, 2.75) is 72.1 Å². The summed E-state index contributed by atoms with van der Waals surface area (Å²) in [4.78, 5) is 54.4. The molecule has 0 radical (unpaired) electrons. The number of carbonyl (C=O) groups excluding carboxylic acids is 2. The van der Waals surface area contributed by atoms with E-state index in [2.05, 4.69) is 4.98 Å². The first-order valence-corrected chi connectivity index (χ1v) is 18.0. The molecule has 11 nitrogen and oxygen atoms in total. The molecule has 0 unspecified atom stereocenters. The maximum atomic E-state index is 17.7. The monoisotopic (exact) mass is 748 g/mol. The quantitative estimate of drug-likeness (QED) is 0.208. The molecule has 0 bridgehead atoms. The Kier molecular flexibility index (Phi) is 10.2. The Balaban J connectivity index is 1.76. The number of ether oxygens (including phenoxy) is 2. The van der Waals surface area contributed by atoms with Gasteiger partial charge in [0.15, 0.2) is 5.82 Å². The zero-order chi connectivity index (χ0) is 39.5. The Morgan fingerprint density at radius 1 is 1.02 bits per heavy atom. The van der Waals surface area contributed by atoms with Gasteiger partial charge in [0.05, 0.1) is 47.4 Å². The van der Waals surface area contributed by atoms with Crippen molar-refractivity contribution in [3.05, 3.63) is 75.6 Å². The van der Waals surface area contributed by atoms with Crippen LogP contribution in [0.1, 0.15) is 58.7 Å². The van der Waals surface area contributed by atoms with E-state index in [0.717, 1.165) is 16.7 Å². The minimum atomic E-state index is -1.19. The molecule has 2 amide bonds. The van der Waals surface area contributed by atoms with Gasteiger partial charge in [0, 0.05) is 37.3 Å². The van der Waals surface area contributed by atoms with Crippen LogP contribution in [0.15, 0.2) is 41.3 Å². The second kappa shape index (κ2) is 14.3. The summed E-state index contributed by atoms with van der Waals surface area (Å²) in [6, 6.07) is 5.06. The predicted octanol–water partition coefficient (Wildman–Crippen LogP) is 6.63. The van der Waals surface area contributed by atoms with E-state index in [1.165, 1.54) is 29.0 Å². The zero-order valence-electron chi connectivity index (χ0n) is 32.4. The number of benzene rings is 2. The number of hydrogen-bond acceptors (Lipinski definition) is 8. The van der Waals surface area contributed by atoms with Gasteiger partial charge in [-0.2, -0.15) is 0 Å². The summed E-state index contributed by atoms with van der Waals surface area (Å²) in [5.41, 5.74) is -1.62. The molecule has 2 aliphatic rings. The van der Waals surface area contributed by atoms with Crippen LogP contribution in [0.3, 0.4) is 0 Å². The highest BCUT2D eigenvalue weighted by Crippen LogP contribution is 2.46. The number of piperazine rings is 1. The van der Waals surface area contributed by atoms with Crippen LogP contribution in [-0.2, 0) is 9.53 Å². The van der Waals surface area contributed by atoms with Crippen LogP contribution in [0.5, 0.6) is 5.75 Å². The molecule has 0 saturated carbocycles. The first-order chi connectivity index (χ1) is 25.4. The molecule has 6 rings (SSSR count). The number of anilines is 2. The molecule has 2 atom stereocenters. The van der Waals surface area contributed by atoms with E-state index in [9.17, 15) is 9.59 Å². The van der Waals surface area contributed by atoms with Gasteiger partial charge in [-0.3, -0.25) is 19.1 Å². The zero-order valence-corrected chi connectivity index (χ0v) is 32.4. The number of likely N-dealkylation sites (N-methyl/N-ethyl adjacent to an activating group) is 1. The molecule has 0 aliphatic carbocycles. The van der Waals surface area contributed by atoms with Gasteiger partial charge in [0.25, 0.3) is 11.5 Å². The summed E-state index contributed by atoms with van der Waals surface area (Å²) in [6.07, 6.45) is 0.983. The lowest BCUT2D eigenvalue weighted by molar-refractivity contribution is -0.121. The van der Waals surface area contributed by atoms with Gasteiger partial charge in [0.1, 0.15) is 34.7 Å². The number of amides is 2. The van der Waals surface area contributed by atoms with Crippen LogP contribution in [0, 0.1) is 24.4 Å². The number of fused-ring (bicyclic) bond motifs is 5. The second-order valence-corrected chi connectivity index (χ2v) is 15.6. The van der Waals surface area contributed by atoms with E-state index in [4.69, 9.17) is 9.47 Å². The molecular formula is C40H47F3N6O5. The number of aromatic nitrogens is 2. The SMILES string of the molecule is COc1cccc(F)c1-c1c(F)cc2c3c(c(=O)n(-c4c(C)ccnc4C(C)C)c2c1F)N(CCN(C)C)C(=O)[C@H]1CN(C(=O)OC(C)(C)C)[C@H](C)CN31. The van der Waals surface area contributed by atoms with Crippen molar-refractivity contribution >= 4 is 34.3 Å². The Hall–Kier alpha value is -5.11. The lowest BCUT2D eigenvalue weighted by Crippen LogP contribution is -2.67. The van der Waals surface area contributed by atoms with E-state index in [-0.39, 0.29) is 59.3 Å². The van der Waals surface area contributed by atoms with Gasteiger partial charge in [-0.1, -0.05) is 19.9 Å². The van der Waals surface area contributed by atoms with E-state index in [0.29, 0.717) is 17.8 Å². The normalized spacial score (nSPS) is 17.4. The molecule has 4 aromatic rings. The Labute approximate surface area is 312 Å². The number of carbonyl (C=O) groups is 2. The highest BCUT2D eigenvalue weighted by Gasteiger charge is 2.48. The largest absolute Gasteiger partial charge is 0.496 e. The summed E-state index contributed by atoms with van der Waals surface area (Å²) in [6.45, 7) is 12.9. The molecule has 14 heteroatoms. The van der Waals surface area contributed by atoms with Crippen molar-refractivity contribution in [2.75, 3.05) is 57.2 Å². The molecule has 1 saturated heterocycles. The number of halogens is 3. The fourth-order valence-electron chi connectivity index (χ4n) is 7.44. The Morgan fingerprint density at radius 3 is 2.35 bits per heavy atom. The molecule has 2 aromatic carbocycles. The van der Waals surface area contributed by atoms with Crippen molar-refractivity contribution in [1.29, 1.82) is 0 Å². The number of nitrogens with zero attached hydrogens (tertiary/aromatic N) is 6. The van der Waals surface area contributed by atoms with Gasteiger partial charge in [0.2, 0.25) is 0 Å². The van der Waals surface area contributed by atoms with Gasteiger partial charge in [-0.15, -0.1) is 0 Å². The first-order valence-electron chi connectivity index (χ1n) is 18.0. The van der Waals surface area contributed by atoms with Crippen LogP contribution >= 0.6 is 0 Å². The minimum Gasteiger partial charge on any atom is -0.496 e. The average molecular weight is 749 g/mol. The number of rotatable bonds is 7. The number of hydrogen-bond donors (Lipinski definition) is 0. The number of pyridine rings is 2. The third-order valence-electron chi connectivity index (χ3n) is 9.92. The summed E-state index contributed by atoms with van der Waals surface area (Å²) in [7, 11) is 4.92. The fourth-order valence-corrected chi connectivity index (χ4v) is 7.44. The molecular weight excluding hydrogens is 701 g/mol. The molecule has 4 heterocycles. The number of aryl methyl sites for hydroxylation is 1. The maximum Gasteiger partial charge on any atom is 0.410 e. The average Bonchev–Trinajstić information content (AvgIpc) is 3.08. The molecule has 1 fully saturated rings. The van der Waals surface area contributed by atoms with E-state index < -0.39 is 63.8 Å². The highest BCUT2D eigenvalue weighted by molar-refractivity contribution is 6.13. The van der Waals surface area contributed by atoms with Crippen LogP contribution in [-0.4, -0.2) is 96.4 Å². The summed E-state index contributed by atoms with van der Waals surface area (Å²) in [5.74, 6) is -4.02. The van der Waals surface area contributed by atoms with E-state index in [1.807, 2.05) is 32.8 Å². The summed E-state index contributed by atoms with van der Waals surface area (Å²) in [5, 5.41) is -0.0121. The molecule has 2 aromatic heterocycles. The third kappa shape index (κ3) is 6.54. The molecule has 2 aliphatic heterocycles. The molecule has 0 spiro atoms. The minimum absolute atomic E-state index is 0.0121. The lowest BCUT2D eigenvalue weighted by atomic mass is 9.94. The standard InChI is InChI=1S/C40H47F3N6O5/c1-21(2)32-33(22(3)14-15-44-32)49-34-24(18-26(42)30(31(34)43)29-25(41)12-11-13-28(29)53-10)35-36(38(49)51)46(17-16-45(8)9)37(50)27-20-47(23(4)19-48(27)35)39(52)54-40(5,6)7/h11-15,18,21,23,27H,16-17,19-20H2,1-10H3/t23-,27-/m1/s1. The van der Waals surface area contributed by atoms with Gasteiger partial charge in [-0.25, -0.2) is 18.0 Å². The van der Waals surface area contributed by atoms with Crippen molar-refractivity contribution < 1.29 is 32.2 Å². The summed E-state index contributed by atoms with van der Waals surface area (Å²) < 4.78 is 62.3. The maximum absolute atomic E-state index is 17.7. The predicted molar refractivity (Wildman–Crippen MR) is 202 cm³/mol. The highest BCUT2D eigenvalue weighted by atomic mass is 19.1. The van der Waals surface area contributed by atoms with Crippen LogP contribution in [0.4, 0.5) is 29.3 Å². The van der Waals surface area contributed by atoms with Crippen molar-refractivity contribution in [3.8, 4) is 22.6 Å². The lowest BCUT2D eigenvalue weighted by Gasteiger charge is -2.50. The van der Waals surface area contributed by atoms with Gasteiger partial charge in [-0.05, 0) is 84.5 Å². The van der Waals surface area contributed by atoms with Crippen molar-refractivity contribution in [2.24, 2.45) is 0 Å². The van der Waals surface area contributed by atoms with Crippen LogP contribution in [0.2, 0.25) is 0 Å². The molecule has 54 heavy (non-hydrogen) atoms. The fraction of sp³-hybridized carbons (Fsp3) is 0.450. The molecule has 0 N–H and O–H groups in total. The van der Waals surface area contributed by atoms with Gasteiger partial charge < -0.3 is 29.1 Å². The smallest absolute Gasteiger partial charge is 0.410 e. The topological polar surface area (TPSA) is 100 Å². The van der Waals surface area contributed by atoms with Crippen LogP contribution in [0.25, 0.3) is 27.7 Å². The third-order valence-corrected chi connectivity index (χ3v) is 9.92. The number of methoxy groups -OCH3 is 1. The second-order valence-electron chi connectivity index (χ2n) is 15.6.